The Bertz CT molecular complexity index is 344. The number of aromatic nitrogens is 1. The molecule has 1 aromatic heterocycles. The highest BCUT2D eigenvalue weighted by Gasteiger charge is 2.08. The molecule has 110 valence electrons. The molecule has 0 aliphatic rings. The standard InChI is InChI=1S/C15H27N3.HI/c1-5-14(4)18(6-2)11-7-9-16-15-12-13(3)8-10-17-15;/h8,10,12,14H,5-7,9,11H2,1-4H3,(H,16,17);1H/p-1. The van der Waals surface area contributed by atoms with Gasteiger partial charge in [0.2, 0.25) is 0 Å². The van der Waals surface area contributed by atoms with E-state index in [2.05, 4.69) is 49.0 Å². The molecule has 1 unspecified atom stereocenters. The van der Waals surface area contributed by atoms with Gasteiger partial charge in [0.15, 0.2) is 0 Å². The predicted octanol–water partition coefficient (Wildman–Crippen LogP) is 0.316. The van der Waals surface area contributed by atoms with Crippen molar-refractivity contribution in [2.75, 3.05) is 25.0 Å². The summed E-state index contributed by atoms with van der Waals surface area (Å²) in [5.41, 5.74) is 1.25. The molecule has 0 aliphatic heterocycles. The van der Waals surface area contributed by atoms with Gasteiger partial charge < -0.3 is 34.2 Å². The van der Waals surface area contributed by atoms with Crippen molar-refractivity contribution in [1.29, 1.82) is 0 Å². The van der Waals surface area contributed by atoms with Gasteiger partial charge in [0.25, 0.3) is 0 Å². The molecule has 0 bridgehead atoms. The molecule has 1 rings (SSSR count). The Balaban J connectivity index is 0.00000324. The summed E-state index contributed by atoms with van der Waals surface area (Å²) in [4.78, 5) is 6.84. The molecule has 0 saturated carbocycles. The summed E-state index contributed by atoms with van der Waals surface area (Å²) in [5, 5.41) is 3.38. The maximum atomic E-state index is 4.30. The molecule has 0 saturated heterocycles. The molecule has 1 N–H and O–H groups in total. The summed E-state index contributed by atoms with van der Waals surface area (Å²) in [7, 11) is 0. The lowest BCUT2D eigenvalue weighted by Gasteiger charge is -2.26. The van der Waals surface area contributed by atoms with E-state index in [1.165, 1.54) is 12.0 Å². The Morgan fingerprint density at radius 1 is 1.37 bits per heavy atom. The van der Waals surface area contributed by atoms with Crippen LogP contribution in [0.3, 0.4) is 0 Å². The van der Waals surface area contributed by atoms with E-state index < -0.39 is 0 Å². The molecule has 3 nitrogen and oxygen atoms in total. The van der Waals surface area contributed by atoms with Crippen molar-refractivity contribution in [3.05, 3.63) is 23.9 Å². The summed E-state index contributed by atoms with van der Waals surface area (Å²) in [5.74, 6) is 0.988. The van der Waals surface area contributed by atoms with Crippen molar-refractivity contribution in [1.82, 2.24) is 9.88 Å². The van der Waals surface area contributed by atoms with Crippen LogP contribution in [-0.4, -0.2) is 35.6 Å². The van der Waals surface area contributed by atoms with Gasteiger partial charge in [0.1, 0.15) is 5.82 Å². The van der Waals surface area contributed by atoms with Crippen LogP contribution in [-0.2, 0) is 0 Å². The molecule has 0 radical (unpaired) electrons. The van der Waals surface area contributed by atoms with Gasteiger partial charge in [-0.1, -0.05) is 13.8 Å². The Labute approximate surface area is 135 Å². The van der Waals surface area contributed by atoms with Gasteiger partial charge >= 0.3 is 0 Å². The summed E-state index contributed by atoms with van der Waals surface area (Å²) in [6, 6.07) is 4.80. The first-order valence-electron chi connectivity index (χ1n) is 7.08. The second-order valence-electron chi connectivity index (χ2n) is 4.88. The minimum Gasteiger partial charge on any atom is -1.00 e. The lowest BCUT2D eigenvalue weighted by molar-refractivity contribution is -0.00000423. The fourth-order valence-electron chi connectivity index (χ4n) is 2.08. The van der Waals surface area contributed by atoms with Crippen LogP contribution in [0.15, 0.2) is 18.3 Å². The van der Waals surface area contributed by atoms with Gasteiger partial charge in [-0.2, -0.15) is 0 Å². The monoisotopic (exact) mass is 376 g/mol. The van der Waals surface area contributed by atoms with E-state index in [0.29, 0.717) is 6.04 Å². The highest BCUT2D eigenvalue weighted by molar-refractivity contribution is 5.36. The van der Waals surface area contributed by atoms with Crippen LogP contribution in [0.1, 0.15) is 39.2 Å². The molecular weight excluding hydrogens is 349 g/mol. The van der Waals surface area contributed by atoms with Crippen molar-refractivity contribution < 1.29 is 24.0 Å². The fourth-order valence-corrected chi connectivity index (χ4v) is 2.08. The number of hydrogen-bond acceptors (Lipinski definition) is 3. The molecule has 0 amide bonds. The van der Waals surface area contributed by atoms with Crippen molar-refractivity contribution in [3.63, 3.8) is 0 Å². The lowest BCUT2D eigenvalue weighted by Crippen LogP contribution is -3.00. The summed E-state index contributed by atoms with van der Waals surface area (Å²) in [6.45, 7) is 12.2. The van der Waals surface area contributed by atoms with Crippen molar-refractivity contribution >= 4 is 5.82 Å². The molecular formula is C15H27IN3-. The highest BCUT2D eigenvalue weighted by atomic mass is 127. The van der Waals surface area contributed by atoms with Crippen LogP contribution in [0.4, 0.5) is 5.82 Å². The molecule has 1 aromatic rings. The second-order valence-corrected chi connectivity index (χ2v) is 4.88. The number of pyridine rings is 1. The summed E-state index contributed by atoms with van der Waals surface area (Å²) in [6.07, 6.45) is 4.24. The van der Waals surface area contributed by atoms with E-state index >= 15 is 0 Å². The van der Waals surface area contributed by atoms with E-state index in [1.54, 1.807) is 0 Å². The number of aryl methyl sites for hydroxylation is 1. The highest BCUT2D eigenvalue weighted by Crippen LogP contribution is 2.06. The van der Waals surface area contributed by atoms with Gasteiger partial charge in [-0.3, -0.25) is 0 Å². The van der Waals surface area contributed by atoms with Gasteiger partial charge in [0.05, 0.1) is 0 Å². The smallest absolute Gasteiger partial charge is 0.126 e. The Kier molecular flexibility index (Phi) is 10.2. The number of hydrogen-bond donors (Lipinski definition) is 1. The lowest BCUT2D eigenvalue weighted by atomic mass is 10.2. The van der Waals surface area contributed by atoms with E-state index in [0.717, 1.165) is 31.9 Å². The van der Waals surface area contributed by atoms with E-state index in [4.69, 9.17) is 0 Å². The normalized spacial score (nSPS) is 12.1. The Morgan fingerprint density at radius 2 is 2.11 bits per heavy atom. The number of nitrogens with one attached hydrogen (secondary N) is 1. The van der Waals surface area contributed by atoms with Gasteiger partial charge in [-0.25, -0.2) is 4.98 Å². The third-order valence-corrected chi connectivity index (χ3v) is 3.46. The fraction of sp³-hybridized carbons (Fsp3) is 0.667. The Morgan fingerprint density at radius 3 is 2.68 bits per heavy atom. The number of rotatable bonds is 8. The number of nitrogens with zero attached hydrogens (tertiary/aromatic N) is 2. The first-order chi connectivity index (χ1) is 8.67. The molecule has 0 fully saturated rings. The van der Waals surface area contributed by atoms with Gasteiger partial charge in [-0.05, 0) is 50.9 Å². The van der Waals surface area contributed by atoms with Crippen LogP contribution in [0.5, 0.6) is 0 Å². The predicted molar refractivity (Wildman–Crippen MR) is 79.1 cm³/mol. The molecule has 1 atom stereocenters. The molecule has 19 heavy (non-hydrogen) atoms. The largest absolute Gasteiger partial charge is 1.00 e. The van der Waals surface area contributed by atoms with Gasteiger partial charge in [-0.15, -0.1) is 0 Å². The quantitative estimate of drug-likeness (QED) is 0.523. The average Bonchev–Trinajstić information content (AvgIpc) is 2.38. The number of anilines is 1. The van der Waals surface area contributed by atoms with E-state index in [1.807, 2.05) is 12.3 Å². The first kappa shape index (κ1) is 18.6. The van der Waals surface area contributed by atoms with Crippen molar-refractivity contribution in [2.45, 2.75) is 46.6 Å². The molecule has 4 heteroatoms. The van der Waals surface area contributed by atoms with Crippen LogP contribution in [0, 0.1) is 6.92 Å². The third kappa shape index (κ3) is 7.11. The van der Waals surface area contributed by atoms with E-state index in [-0.39, 0.29) is 24.0 Å². The van der Waals surface area contributed by atoms with Crippen molar-refractivity contribution in [3.8, 4) is 0 Å². The summed E-state index contributed by atoms with van der Waals surface area (Å²) < 4.78 is 0. The zero-order valence-corrected chi connectivity index (χ0v) is 14.8. The SMILES string of the molecule is CCC(C)N(CC)CCCNc1cc(C)ccn1.[I-]. The Hall–Kier alpha value is -0.360. The minimum atomic E-state index is 0. The molecule has 0 aromatic carbocycles. The molecule has 1 heterocycles. The number of halogens is 1. The van der Waals surface area contributed by atoms with Crippen LogP contribution in [0.25, 0.3) is 0 Å². The minimum absolute atomic E-state index is 0. The van der Waals surface area contributed by atoms with Crippen LogP contribution in [0.2, 0.25) is 0 Å². The van der Waals surface area contributed by atoms with Crippen LogP contribution >= 0.6 is 0 Å². The second kappa shape index (κ2) is 10.4. The van der Waals surface area contributed by atoms with Crippen LogP contribution < -0.4 is 29.3 Å². The maximum absolute atomic E-state index is 4.30. The van der Waals surface area contributed by atoms with Crippen molar-refractivity contribution in [2.24, 2.45) is 0 Å². The zero-order chi connectivity index (χ0) is 13.4. The zero-order valence-electron chi connectivity index (χ0n) is 12.6. The topological polar surface area (TPSA) is 28.2 Å². The van der Waals surface area contributed by atoms with E-state index in [9.17, 15) is 0 Å². The van der Waals surface area contributed by atoms with Gasteiger partial charge in [0, 0.05) is 25.3 Å². The molecule has 0 aliphatic carbocycles. The maximum Gasteiger partial charge on any atom is 0.126 e. The first-order valence-corrected chi connectivity index (χ1v) is 7.08. The average molecular weight is 376 g/mol. The third-order valence-electron chi connectivity index (χ3n) is 3.46. The summed E-state index contributed by atoms with van der Waals surface area (Å²) >= 11 is 0. The molecule has 0 spiro atoms.